The molecule has 1 saturated heterocycles. The van der Waals surface area contributed by atoms with Gasteiger partial charge in [0.25, 0.3) is 5.91 Å². The van der Waals surface area contributed by atoms with Crippen molar-refractivity contribution in [3.63, 3.8) is 0 Å². The van der Waals surface area contributed by atoms with E-state index in [1.807, 2.05) is 42.2 Å². The molecule has 1 fully saturated rings. The Kier molecular flexibility index (Phi) is 5.74. The Labute approximate surface area is 176 Å². The number of anilines is 2. The van der Waals surface area contributed by atoms with Crippen LogP contribution in [0.3, 0.4) is 0 Å². The van der Waals surface area contributed by atoms with Crippen LogP contribution in [0, 0.1) is 11.3 Å². The lowest BCUT2D eigenvalue weighted by Crippen LogP contribution is -2.41. The van der Waals surface area contributed by atoms with E-state index in [0.717, 1.165) is 28.9 Å². The number of hydrogen-bond donors (Lipinski definition) is 3. The third kappa shape index (κ3) is 3.91. The van der Waals surface area contributed by atoms with Crippen LogP contribution in [0.2, 0.25) is 0 Å². The lowest BCUT2D eigenvalue weighted by molar-refractivity contribution is -0.125. The van der Waals surface area contributed by atoms with Gasteiger partial charge in [-0.15, -0.1) is 0 Å². The van der Waals surface area contributed by atoms with Gasteiger partial charge in [-0.25, -0.2) is 0 Å². The van der Waals surface area contributed by atoms with Gasteiger partial charge >= 0.3 is 0 Å². The molecule has 2 heterocycles. The zero-order valence-corrected chi connectivity index (χ0v) is 17.2. The molecule has 2 aliphatic heterocycles. The van der Waals surface area contributed by atoms with E-state index < -0.39 is 6.10 Å². The molecule has 4 rings (SSSR count). The molecule has 0 spiro atoms. The number of benzene rings is 1. The van der Waals surface area contributed by atoms with Crippen LogP contribution in [0.4, 0.5) is 11.4 Å². The first-order valence-electron chi connectivity index (χ1n) is 10.3. The summed E-state index contributed by atoms with van der Waals surface area (Å²) in [5.74, 6) is 0.595. The number of allylic oxidation sites excluding steroid dienone is 2. The van der Waals surface area contributed by atoms with E-state index in [1.54, 1.807) is 4.90 Å². The van der Waals surface area contributed by atoms with E-state index in [9.17, 15) is 9.90 Å². The van der Waals surface area contributed by atoms with E-state index >= 15 is 0 Å². The van der Waals surface area contributed by atoms with E-state index in [0.29, 0.717) is 37.8 Å². The summed E-state index contributed by atoms with van der Waals surface area (Å²) in [6.45, 7) is 8.26. The molecule has 1 aliphatic carbocycles. The molecule has 0 bridgehead atoms. The average molecular weight is 409 g/mol. The summed E-state index contributed by atoms with van der Waals surface area (Å²) in [5, 5.41) is 21.7. The molecule has 30 heavy (non-hydrogen) atoms. The minimum Gasteiger partial charge on any atom is -0.389 e. The number of ether oxygens (including phenoxy) is 1. The quantitative estimate of drug-likeness (QED) is 0.673. The van der Waals surface area contributed by atoms with Crippen LogP contribution in [0.15, 0.2) is 59.8 Å². The zero-order valence-electron chi connectivity index (χ0n) is 17.2. The van der Waals surface area contributed by atoms with Gasteiger partial charge in [0.2, 0.25) is 0 Å². The van der Waals surface area contributed by atoms with Crippen molar-refractivity contribution in [3.8, 4) is 0 Å². The summed E-state index contributed by atoms with van der Waals surface area (Å²) in [6.07, 6.45) is 4.18. The Hall–Kier alpha value is -2.90. The molecule has 2 atom stereocenters. The molecule has 1 amide bonds. The Morgan fingerprint density at radius 3 is 2.83 bits per heavy atom. The number of nitrogens with one attached hydrogen (secondary N) is 2. The van der Waals surface area contributed by atoms with Gasteiger partial charge in [-0.3, -0.25) is 10.2 Å². The summed E-state index contributed by atoms with van der Waals surface area (Å²) < 4.78 is 5.28. The third-order valence-corrected chi connectivity index (χ3v) is 5.81. The molecule has 3 N–H and O–H groups in total. The Morgan fingerprint density at radius 2 is 2.13 bits per heavy atom. The lowest BCUT2D eigenvalue weighted by atomic mass is 9.89. The van der Waals surface area contributed by atoms with Crippen molar-refractivity contribution in [2.24, 2.45) is 5.92 Å². The van der Waals surface area contributed by atoms with Crippen LogP contribution in [0.25, 0.3) is 0 Å². The van der Waals surface area contributed by atoms with Gasteiger partial charge in [0.15, 0.2) is 0 Å². The van der Waals surface area contributed by atoms with Gasteiger partial charge in [-0.1, -0.05) is 25.7 Å². The SMILES string of the molecule is C=C1C2=C(C(=O)N1CC(O)CNc1ccc(N3CCOCC3=N)cc1)C(C)CC=C2. The summed E-state index contributed by atoms with van der Waals surface area (Å²) in [6, 6.07) is 7.76. The maximum Gasteiger partial charge on any atom is 0.255 e. The number of carbonyl (C=O) groups is 1. The second kappa shape index (κ2) is 8.45. The lowest BCUT2D eigenvalue weighted by Gasteiger charge is -2.29. The van der Waals surface area contributed by atoms with Crippen LogP contribution < -0.4 is 10.2 Å². The molecular formula is C23H28N4O3. The number of carbonyl (C=O) groups excluding carboxylic acids is 1. The van der Waals surface area contributed by atoms with Gasteiger partial charge in [-0.05, 0) is 36.6 Å². The predicted octanol–water partition coefficient (Wildman–Crippen LogP) is 2.52. The van der Waals surface area contributed by atoms with Crippen molar-refractivity contribution in [3.05, 3.63) is 59.8 Å². The van der Waals surface area contributed by atoms with Gasteiger partial charge in [0.05, 0.1) is 19.3 Å². The minimum absolute atomic E-state index is 0.0387. The molecule has 7 nitrogen and oxygen atoms in total. The highest BCUT2D eigenvalue weighted by Gasteiger charge is 2.37. The van der Waals surface area contributed by atoms with Crippen LogP contribution in [0.5, 0.6) is 0 Å². The molecule has 2 unspecified atom stereocenters. The molecule has 0 aromatic heterocycles. The number of amidine groups is 1. The van der Waals surface area contributed by atoms with Crippen molar-refractivity contribution in [2.75, 3.05) is 43.1 Å². The van der Waals surface area contributed by atoms with Crippen molar-refractivity contribution >= 4 is 23.1 Å². The van der Waals surface area contributed by atoms with E-state index in [2.05, 4.69) is 18.0 Å². The standard InChI is InChI=1S/C23H28N4O3/c1-15-4-3-5-20-16(2)27(23(29)22(15)20)13-19(28)12-25-17-6-8-18(9-7-17)26-10-11-30-14-21(26)24/h3,5-9,15,19,24-25,28H,2,4,10-14H2,1H3. The largest absolute Gasteiger partial charge is 0.389 e. The predicted molar refractivity (Wildman–Crippen MR) is 118 cm³/mol. The second-order valence-electron chi connectivity index (χ2n) is 7.96. The van der Waals surface area contributed by atoms with E-state index in [-0.39, 0.29) is 18.4 Å². The molecule has 1 aromatic rings. The summed E-state index contributed by atoms with van der Waals surface area (Å²) in [7, 11) is 0. The molecule has 0 radical (unpaired) electrons. The first-order chi connectivity index (χ1) is 14.5. The fraction of sp³-hybridized carbons (Fsp3) is 0.391. The van der Waals surface area contributed by atoms with Gasteiger partial charge in [0.1, 0.15) is 12.4 Å². The number of β-amino-alcohol motifs (C(OH)–C–C–N with tert-alkyl or cyclic N) is 1. The third-order valence-electron chi connectivity index (χ3n) is 5.81. The number of aliphatic hydroxyl groups excluding tert-OH is 1. The maximum atomic E-state index is 12.8. The number of rotatable bonds is 6. The highest BCUT2D eigenvalue weighted by molar-refractivity contribution is 6.01. The first kappa shape index (κ1) is 20.4. The Bertz CT molecular complexity index is 919. The maximum absolute atomic E-state index is 12.8. The summed E-state index contributed by atoms with van der Waals surface area (Å²) in [4.78, 5) is 16.3. The molecule has 0 saturated carbocycles. The smallest absolute Gasteiger partial charge is 0.255 e. The normalized spacial score (nSPS) is 22.6. The Balaban J connectivity index is 1.32. The van der Waals surface area contributed by atoms with Gasteiger partial charge in [0, 0.05) is 41.3 Å². The highest BCUT2D eigenvalue weighted by atomic mass is 16.5. The fourth-order valence-electron chi connectivity index (χ4n) is 4.14. The van der Waals surface area contributed by atoms with E-state index in [1.165, 1.54) is 0 Å². The van der Waals surface area contributed by atoms with Crippen LogP contribution in [-0.2, 0) is 9.53 Å². The van der Waals surface area contributed by atoms with Crippen LogP contribution in [-0.4, -0.2) is 60.7 Å². The van der Waals surface area contributed by atoms with Crippen LogP contribution >= 0.6 is 0 Å². The number of aliphatic hydroxyl groups is 1. The molecule has 3 aliphatic rings. The minimum atomic E-state index is -0.724. The average Bonchev–Trinajstić information content (AvgIpc) is 2.99. The molecule has 158 valence electrons. The Morgan fingerprint density at radius 1 is 1.37 bits per heavy atom. The number of morpholine rings is 1. The van der Waals surface area contributed by atoms with Crippen LogP contribution in [0.1, 0.15) is 13.3 Å². The second-order valence-corrected chi connectivity index (χ2v) is 7.96. The molecular weight excluding hydrogens is 380 g/mol. The molecule has 1 aromatic carbocycles. The number of hydrogen-bond acceptors (Lipinski definition) is 5. The topological polar surface area (TPSA) is 88.9 Å². The first-order valence-corrected chi connectivity index (χ1v) is 10.3. The summed E-state index contributed by atoms with van der Waals surface area (Å²) >= 11 is 0. The van der Waals surface area contributed by atoms with Crippen molar-refractivity contribution in [2.45, 2.75) is 19.4 Å². The van der Waals surface area contributed by atoms with Crippen molar-refractivity contribution in [1.82, 2.24) is 4.90 Å². The molecule has 7 heteroatoms. The number of nitrogens with zero attached hydrogens (tertiary/aromatic N) is 2. The van der Waals surface area contributed by atoms with Gasteiger partial charge < -0.3 is 25.0 Å². The monoisotopic (exact) mass is 408 g/mol. The summed E-state index contributed by atoms with van der Waals surface area (Å²) in [5.41, 5.74) is 4.22. The van der Waals surface area contributed by atoms with Crippen molar-refractivity contribution in [1.29, 1.82) is 5.41 Å². The van der Waals surface area contributed by atoms with Gasteiger partial charge in [-0.2, -0.15) is 0 Å². The number of amides is 1. The highest BCUT2D eigenvalue weighted by Crippen LogP contribution is 2.37. The fourth-order valence-corrected chi connectivity index (χ4v) is 4.14. The zero-order chi connectivity index (χ0) is 21.3. The van der Waals surface area contributed by atoms with E-state index in [4.69, 9.17) is 10.1 Å². The van der Waals surface area contributed by atoms with Crippen molar-refractivity contribution < 1.29 is 14.6 Å².